The molecule has 164 valence electrons. The molecule has 1 aromatic heterocycles. The first-order chi connectivity index (χ1) is 15.1. The Kier molecular flexibility index (Phi) is 6.41. The molecule has 0 radical (unpaired) electrons. The number of nitrogens with one attached hydrogen (secondary N) is 1. The molecule has 1 aliphatic heterocycles. The summed E-state index contributed by atoms with van der Waals surface area (Å²) in [6.45, 7) is 3.68. The van der Waals surface area contributed by atoms with E-state index < -0.39 is 5.63 Å². The molecule has 3 aromatic rings. The largest absolute Gasteiger partial charge is 0.508 e. The van der Waals surface area contributed by atoms with Crippen molar-refractivity contribution in [1.82, 2.24) is 5.32 Å². The van der Waals surface area contributed by atoms with Crippen LogP contribution in [0.3, 0.4) is 0 Å². The molecule has 0 aliphatic carbocycles. The fraction of sp³-hybridized carbons (Fsp3) is 0.400. The Morgan fingerprint density at radius 1 is 1.10 bits per heavy atom. The maximum Gasteiger partial charge on any atom is 0.336 e. The monoisotopic (exact) mass is 423 g/mol. The van der Waals surface area contributed by atoms with Gasteiger partial charge in [-0.25, -0.2) is 4.79 Å². The standard InChI is InChI=1S/C25H29NO5/c1-2-17-12-20-19(13-23(29)31-22(20)14-21(17)28)15-26-24(18-6-4-3-5-7-18)25(16-27)8-10-30-11-9-25/h3-7,12-14,24,26-28H,2,8-11,15-16H2,1H3. The van der Waals surface area contributed by atoms with Crippen LogP contribution in [0.2, 0.25) is 0 Å². The summed E-state index contributed by atoms with van der Waals surface area (Å²) in [7, 11) is 0. The lowest BCUT2D eigenvalue weighted by Crippen LogP contribution is -2.44. The highest BCUT2D eigenvalue weighted by molar-refractivity contribution is 5.82. The highest BCUT2D eigenvalue weighted by atomic mass is 16.5. The minimum atomic E-state index is -0.452. The van der Waals surface area contributed by atoms with Gasteiger partial charge in [-0.15, -0.1) is 0 Å². The van der Waals surface area contributed by atoms with E-state index in [0.717, 1.165) is 34.9 Å². The topological polar surface area (TPSA) is 91.9 Å². The van der Waals surface area contributed by atoms with Gasteiger partial charge in [0, 0.05) is 48.7 Å². The summed E-state index contributed by atoms with van der Waals surface area (Å²) >= 11 is 0. The zero-order chi connectivity index (χ0) is 21.8. The molecule has 1 atom stereocenters. The minimum absolute atomic E-state index is 0.0501. The van der Waals surface area contributed by atoms with E-state index >= 15 is 0 Å². The number of aryl methyl sites for hydroxylation is 1. The number of hydrogen-bond acceptors (Lipinski definition) is 6. The predicted molar refractivity (Wildman–Crippen MR) is 119 cm³/mol. The Labute approximate surface area is 181 Å². The molecule has 1 unspecified atom stereocenters. The summed E-state index contributed by atoms with van der Waals surface area (Å²) in [6.07, 6.45) is 2.18. The normalized spacial score (nSPS) is 17.0. The van der Waals surface area contributed by atoms with Crippen molar-refractivity contribution in [2.45, 2.75) is 38.8 Å². The van der Waals surface area contributed by atoms with Crippen LogP contribution in [0.5, 0.6) is 5.75 Å². The number of ether oxygens (including phenoxy) is 1. The Bertz CT molecular complexity index is 1090. The van der Waals surface area contributed by atoms with Gasteiger partial charge in [-0.05, 0) is 42.0 Å². The number of phenols is 1. The Balaban J connectivity index is 1.72. The molecule has 0 spiro atoms. The molecule has 2 heterocycles. The van der Waals surface area contributed by atoms with E-state index in [-0.39, 0.29) is 23.8 Å². The molecule has 1 saturated heterocycles. The second-order valence-corrected chi connectivity index (χ2v) is 8.28. The lowest BCUT2D eigenvalue weighted by Gasteiger charge is -2.43. The Morgan fingerprint density at radius 2 is 1.84 bits per heavy atom. The highest BCUT2D eigenvalue weighted by Crippen LogP contribution is 2.42. The van der Waals surface area contributed by atoms with Crippen molar-refractivity contribution in [1.29, 1.82) is 0 Å². The summed E-state index contributed by atoms with van der Waals surface area (Å²) in [5.41, 5.74) is 2.28. The summed E-state index contributed by atoms with van der Waals surface area (Å²) in [6, 6.07) is 14.9. The number of rotatable bonds is 7. The first-order valence-corrected chi connectivity index (χ1v) is 10.8. The highest BCUT2D eigenvalue weighted by Gasteiger charge is 2.40. The van der Waals surface area contributed by atoms with Crippen molar-refractivity contribution >= 4 is 11.0 Å². The average Bonchev–Trinajstić information content (AvgIpc) is 2.80. The smallest absolute Gasteiger partial charge is 0.336 e. The van der Waals surface area contributed by atoms with Crippen molar-refractivity contribution < 1.29 is 19.4 Å². The number of hydrogen-bond donors (Lipinski definition) is 3. The lowest BCUT2D eigenvalue weighted by molar-refractivity contribution is -0.0387. The first kappa shape index (κ1) is 21.6. The van der Waals surface area contributed by atoms with Gasteiger partial charge in [0.05, 0.1) is 6.61 Å². The Hall–Kier alpha value is -2.67. The van der Waals surface area contributed by atoms with Gasteiger partial charge in [-0.1, -0.05) is 37.3 Å². The summed E-state index contributed by atoms with van der Waals surface area (Å²) < 4.78 is 10.9. The third-order valence-electron chi connectivity index (χ3n) is 6.46. The summed E-state index contributed by atoms with van der Waals surface area (Å²) in [4.78, 5) is 12.2. The van der Waals surface area contributed by atoms with Crippen molar-refractivity contribution in [2.75, 3.05) is 19.8 Å². The quantitative estimate of drug-likeness (QED) is 0.502. The van der Waals surface area contributed by atoms with Crippen LogP contribution < -0.4 is 10.9 Å². The SMILES string of the molecule is CCc1cc2c(CNC(c3ccccc3)C3(CO)CCOCC3)cc(=O)oc2cc1O. The molecule has 4 rings (SSSR count). The zero-order valence-electron chi connectivity index (χ0n) is 17.8. The molecule has 0 amide bonds. The third-order valence-corrected chi connectivity index (χ3v) is 6.46. The van der Waals surface area contributed by atoms with Gasteiger partial charge in [-0.3, -0.25) is 0 Å². The second kappa shape index (κ2) is 9.22. The van der Waals surface area contributed by atoms with Gasteiger partial charge in [0.15, 0.2) is 0 Å². The van der Waals surface area contributed by atoms with Gasteiger partial charge >= 0.3 is 5.63 Å². The second-order valence-electron chi connectivity index (χ2n) is 8.28. The number of aliphatic hydroxyl groups excluding tert-OH is 1. The van der Waals surface area contributed by atoms with Gasteiger partial charge in [0.25, 0.3) is 0 Å². The molecule has 2 aromatic carbocycles. The van der Waals surface area contributed by atoms with Crippen molar-refractivity contribution in [3.8, 4) is 5.75 Å². The van der Waals surface area contributed by atoms with Crippen LogP contribution in [0.4, 0.5) is 0 Å². The van der Waals surface area contributed by atoms with Gasteiger partial charge in [0.1, 0.15) is 11.3 Å². The average molecular weight is 424 g/mol. The first-order valence-electron chi connectivity index (χ1n) is 10.8. The van der Waals surface area contributed by atoms with Crippen LogP contribution in [0, 0.1) is 5.41 Å². The van der Waals surface area contributed by atoms with E-state index in [1.54, 1.807) is 0 Å². The molecule has 3 N–H and O–H groups in total. The van der Waals surface area contributed by atoms with Gasteiger partial charge in [0.2, 0.25) is 0 Å². The van der Waals surface area contributed by atoms with Crippen LogP contribution in [-0.4, -0.2) is 30.0 Å². The molecule has 0 bridgehead atoms. The van der Waals surface area contributed by atoms with Crippen LogP contribution in [0.25, 0.3) is 11.0 Å². The van der Waals surface area contributed by atoms with E-state index in [2.05, 4.69) is 17.4 Å². The van der Waals surface area contributed by atoms with Gasteiger partial charge < -0.3 is 24.7 Å². The third kappa shape index (κ3) is 4.37. The maximum atomic E-state index is 12.2. The van der Waals surface area contributed by atoms with Crippen molar-refractivity contribution in [3.63, 3.8) is 0 Å². The summed E-state index contributed by atoms with van der Waals surface area (Å²) in [5.74, 6) is 0.131. The molecule has 1 fully saturated rings. The summed E-state index contributed by atoms with van der Waals surface area (Å²) in [5, 5.41) is 25.0. The van der Waals surface area contributed by atoms with Crippen LogP contribution >= 0.6 is 0 Å². The molecule has 1 aliphatic rings. The lowest BCUT2D eigenvalue weighted by atomic mass is 9.71. The molecular formula is C25H29NO5. The number of benzene rings is 2. The predicted octanol–water partition coefficient (Wildman–Crippen LogP) is 3.68. The van der Waals surface area contributed by atoms with E-state index in [9.17, 15) is 15.0 Å². The van der Waals surface area contributed by atoms with Crippen molar-refractivity contribution in [3.05, 3.63) is 75.6 Å². The molecular weight excluding hydrogens is 394 g/mol. The fourth-order valence-electron chi connectivity index (χ4n) is 4.60. The number of aliphatic hydroxyl groups is 1. The zero-order valence-corrected chi connectivity index (χ0v) is 17.8. The fourth-order valence-corrected chi connectivity index (χ4v) is 4.60. The van der Waals surface area contributed by atoms with E-state index in [0.29, 0.717) is 31.8 Å². The number of phenolic OH excluding ortho intramolecular Hbond substituents is 1. The van der Waals surface area contributed by atoms with Crippen LogP contribution in [0.15, 0.2) is 57.7 Å². The van der Waals surface area contributed by atoms with E-state index in [4.69, 9.17) is 9.15 Å². The van der Waals surface area contributed by atoms with Crippen LogP contribution in [0.1, 0.15) is 42.5 Å². The van der Waals surface area contributed by atoms with Gasteiger partial charge in [-0.2, -0.15) is 0 Å². The number of fused-ring (bicyclic) bond motifs is 1. The van der Waals surface area contributed by atoms with E-state index in [1.807, 2.05) is 31.2 Å². The molecule has 31 heavy (non-hydrogen) atoms. The minimum Gasteiger partial charge on any atom is -0.508 e. The Morgan fingerprint density at radius 3 is 2.52 bits per heavy atom. The maximum absolute atomic E-state index is 12.2. The van der Waals surface area contributed by atoms with Crippen molar-refractivity contribution in [2.24, 2.45) is 5.41 Å². The molecule has 6 nitrogen and oxygen atoms in total. The van der Waals surface area contributed by atoms with Crippen LogP contribution in [-0.2, 0) is 17.7 Å². The molecule has 6 heteroatoms. The number of aromatic hydroxyl groups is 1. The molecule has 0 saturated carbocycles. The van der Waals surface area contributed by atoms with E-state index in [1.165, 1.54) is 12.1 Å².